The zero-order chi connectivity index (χ0) is 33.7. The molecular formula is C49H37N. The zero-order valence-electron chi connectivity index (χ0n) is 28.3. The van der Waals surface area contributed by atoms with Gasteiger partial charge < -0.3 is 4.90 Å². The second kappa shape index (κ2) is 12.1. The lowest BCUT2D eigenvalue weighted by molar-refractivity contribution is 0.683. The third-order valence-electron chi connectivity index (χ3n) is 10.3. The third-order valence-corrected chi connectivity index (χ3v) is 10.3. The summed E-state index contributed by atoms with van der Waals surface area (Å²) in [5.74, 6) is 0. The number of hydrogen-bond acceptors (Lipinski definition) is 1. The lowest BCUT2D eigenvalue weighted by Gasteiger charge is -2.26. The van der Waals surface area contributed by atoms with Gasteiger partial charge in [0.25, 0.3) is 0 Å². The minimum atomic E-state index is 0.0101. The highest BCUT2D eigenvalue weighted by Gasteiger charge is 2.30. The molecule has 1 heteroatoms. The first-order chi connectivity index (χ1) is 24.5. The van der Waals surface area contributed by atoms with Gasteiger partial charge in [-0.3, -0.25) is 0 Å². The molecule has 1 aliphatic carbocycles. The van der Waals surface area contributed by atoms with E-state index in [-0.39, 0.29) is 5.41 Å². The Morgan fingerprint density at radius 3 is 1.26 bits per heavy atom. The molecule has 0 saturated heterocycles. The summed E-state index contributed by atoms with van der Waals surface area (Å²) in [4.78, 5) is 2.36. The van der Waals surface area contributed by atoms with E-state index in [0.29, 0.717) is 0 Å². The Hall–Kier alpha value is -6.18. The first-order valence-electron chi connectivity index (χ1n) is 17.4. The zero-order valence-corrected chi connectivity index (χ0v) is 28.3. The van der Waals surface area contributed by atoms with Crippen LogP contribution in [0.25, 0.3) is 49.4 Å². The predicted molar refractivity (Wildman–Crippen MR) is 214 cm³/mol. The maximum atomic E-state index is 2.42. The van der Waals surface area contributed by atoms with E-state index in [4.69, 9.17) is 0 Å². The fourth-order valence-electron chi connectivity index (χ4n) is 7.62. The summed E-state index contributed by atoms with van der Waals surface area (Å²) < 4.78 is 0. The molecule has 1 nitrogen and oxygen atoms in total. The Morgan fingerprint density at radius 2 is 0.760 bits per heavy atom. The van der Waals surface area contributed by atoms with E-state index < -0.39 is 0 Å². The fourth-order valence-corrected chi connectivity index (χ4v) is 7.62. The van der Waals surface area contributed by atoms with E-state index in [0.717, 1.165) is 17.1 Å². The summed E-state index contributed by atoms with van der Waals surface area (Å²) in [6, 6.07) is 66.3. The molecule has 238 valence electrons. The van der Waals surface area contributed by atoms with Crippen molar-refractivity contribution in [1.82, 2.24) is 0 Å². The van der Waals surface area contributed by atoms with Crippen molar-refractivity contribution in [3.05, 3.63) is 205 Å². The van der Waals surface area contributed by atoms with Crippen molar-refractivity contribution in [2.45, 2.75) is 19.3 Å². The van der Waals surface area contributed by atoms with Gasteiger partial charge in [0.05, 0.1) is 0 Å². The number of rotatable bonds is 6. The molecule has 0 saturated carbocycles. The van der Waals surface area contributed by atoms with Crippen LogP contribution in [0.2, 0.25) is 0 Å². The third kappa shape index (κ3) is 5.38. The Morgan fingerprint density at radius 1 is 0.360 bits per heavy atom. The summed E-state index contributed by atoms with van der Waals surface area (Å²) in [5, 5.41) is 5.03. The molecule has 0 aromatic heterocycles. The molecule has 0 unspecified atom stereocenters. The fraction of sp³-hybridized carbons (Fsp3) is 0.0612. The number of nitrogens with zero attached hydrogens (tertiary/aromatic N) is 1. The Kier molecular flexibility index (Phi) is 7.21. The average molecular weight is 640 g/mol. The van der Waals surface area contributed by atoms with Crippen molar-refractivity contribution in [2.24, 2.45) is 0 Å². The minimum absolute atomic E-state index is 0.0101. The van der Waals surface area contributed by atoms with Gasteiger partial charge in [0.2, 0.25) is 0 Å². The van der Waals surface area contributed by atoms with Gasteiger partial charge in [0, 0.05) is 22.5 Å². The van der Waals surface area contributed by atoms with Gasteiger partial charge in [-0.2, -0.15) is 0 Å². The maximum Gasteiger partial charge on any atom is 0.0462 e. The molecule has 0 aliphatic heterocycles. The van der Waals surface area contributed by atoms with Crippen LogP contribution in [-0.4, -0.2) is 0 Å². The highest BCUT2D eigenvalue weighted by atomic mass is 15.1. The van der Waals surface area contributed by atoms with Crippen LogP contribution in [0.1, 0.15) is 30.5 Å². The molecule has 8 aromatic carbocycles. The first kappa shape index (κ1) is 29.9. The number of allylic oxidation sites excluding steroid dienone is 1. The van der Waals surface area contributed by atoms with E-state index in [1.807, 2.05) is 0 Å². The maximum absolute atomic E-state index is 2.42. The molecule has 0 heterocycles. The van der Waals surface area contributed by atoms with Crippen molar-refractivity contribution in [3.63, 3.8) is 0 Å². The van der Waals surface area contributed by atoms with Gasteiger partial charge in [-0.15, -0.1) is 0 Å². The molecular weight excluding hydrogens is 603 g/mol. The number of anilines is 3. The summed E-state index contributed by atoms with van der Waals surface area (Å²) >= 11 is 0. The minimum Gasteiger partial charge on any atom is -0.311 e. The van der Waals surface area contributed by atoms with Crippen molar-refractivity contribution in [2.75, 3.05) is 4.90 Å². The van der Waals surface area contributed by atoms with Crippen molar-refractivity contribution in [3.8, 4) is 22.3 Å². The number of fused-ring (bicyclic) bond motifs is 3. The molecule has 0 bridgehead atoms. The van der Waals surface area contributed by atoms with E-state index in [9.17, 15) is 0 Å². The van der Waals surface area contributed by atoms with Crippen LogP contribution in [0, 0.1) is 0 Å². The van der Waals surface area contributed by atoms with Crippen LogP contribution < -0.4 is 4.90 Å². The van der Waals surface area contributed by atoms with Gasteiger partial charge in [-0.25, -0.2) is 0 Å². The molecule has 0 spiro atoms. The molecule has 9 rings (SSSR count). The van der Waals surface area contributed by atoms with Gasteiger partial charge >= 0.3 is 0 Å². The van der Waals surface area contributed by atoms with E-state index in [1.165, 1.54) is 66.1 Å². The smallest absolute Gasteiger partial charge is 0.0462 e. The largest absolute Gasteiger partial charge is 0.311 e. The first-order valence-corrected chi connectivity index (χ1v) is 17.4. The predicted octanol–water partition coefficient (Wildman–Crippen LogP) is 13.5. The average Bonchev–Trinajstić information content (AvgIpc) is 3.45. The monoisotopic (exact) mass is 639 g/mol. The molecule has 0 fully saturated rings. The SMILES string of the molecule is CC1(C)C=C(c2ccc(N(c3ccc(-c4ccc5ccccc5c4)cc3)c3ccc(-c4ccc5ccccc5c4)cc3)cc2)c2ccccc21. The quantitative estimate of drug-likeness (QED) is 0.175. The number of benzene rings is 8. The van der Waals surface area contributed by atoms with Crippen LogP contribution in [0.4, 0.5) is 17.1 Å². The number of hydrogen-bond donors (Lipinski definition) is 0. The summed E-state index contributed by atoms with van der Waals surface area (Å²) in [5.41, 5.74) is 13.5. The second-order valence-electron chi connectivity index (χ2n) is 13.9. The van der Waals surface area contributed by atoms with Crippen LogP contribution >= 0.6 is 0 Å². The van der Waals surface area contributed by atoms with Crippen molar-refractivity contribution < 1.29 is 0 Å². The molecule has 0 radical (unpaired) electrons. The van der Waals surface area contributed by atoms with E-state index in [2.05, 4.69) is 207 Å². The van der Waals surface area contributed by atoms with E-state index >= 15 is 0 Å². The van der Waals surface area contributed by atoms with Crippen LogP contribution in [0.15, 0.2) is 188 Å². The topological polar surface area (TPSA) is 3.24 Å². The summed E-state index contributed by atoms with van der Waals surface area (Å²) in [6.07, 6.45) is 2.42. The summed E-state index contributed by atoms with van der Waals surface area (Å²) in [6.45, 7) is 4.61. The molecule has 8 aromatic rings. The Balaban J connectivity index is 1.09. The van der Waals surface area contributed by atoms with Gasteiger partial charge in [-0.1, -0.05) is 153 Å². The lowest BCUT2D eigenvalue weighted by atomic mass is 9.87. The molecule has 50 heavy (non-hydrogen) atoms. The van der Waals surface area contributed by atoms with Gasteiger partial charge in [-0.05, 0) is 115 Å². The Labute approximate surface area is 294 Å². The normalized spacial score (nSPS) is 13.3. The summed E-state index contributed by atoms with van der Waals surface area (Å²) in [7, 11) is 0. The highest BCUT2D eigenvalue weighted by molar-refractivity contribution is 5.90. The van der Waals surface area contributed by atoms with Crippen LogP contribution in [0.3, 0.4) is 0 Å². The second-order valence-corrected chi connectivity index (χ2v) is 13.9. The van der Waals surface area contributed by atoms with Crippen LogP contribution in [-0.2, 0) is 5.41 Å². The lowest BCUT2D eigenvalue weighted by Crippen LogP contribution is -2.10. The van der Waals surface area contributed by atoms with Crippen LogP contribution in [0.5, 0.6) is 0 Å². The molecule has 0 atom stereocenters. The standard InChI is InChI=1S/C49H37N/c1-49(2)33-47(46-13-7-8-14-48(46)49)38-23-29-45(30-24-38)50(43-25-19-36(20-26-43)41-17-15-34-9-3-5-11-39(34)31-41)44-27-21-37(22-28-44)42-18-16-35-10-4-6-12-40(35)32-42/h3-33H,1-2H3. The van der Waals surface area contributed by atoms with Crippen molar-refractivity contribution in [1.29, 1.82) is 0 Å². The van der Waals surface area contributed by atoms with Gasteiger partial charge in [0.15, 0.2) is 0 Å². The van der Waals surface area contributed by atoms with Crippen molar-refractivity contribution >= 4 is 44.2 Å². The highest BCUT2D eigenvalue weighted by Crippen LogP contribution is 2.44. The molecule has 1 aliphatic rings. The van der Waals surface area contributed by atoms with Gasteiger partial charge in [0.1, 0.15) is 0 Å². The van der Waals surface area contributed by atoms with E-state index in [1.54, 1.807) is 0 Å². The molecule has 0 N–H and O–H groups in total. The molecule has 0 amide bonds. The Bertz CT molecular complexity index is 2410.